The van der Waals surface area contributed by atoms with E-state index in [9.17, 15) is 0 Å². The number of benzene rings is 1. The molecule has 1 N–H and O–H groups in total. The van der Waals surface area contributed by atoms with Crippen LogP contribution in [0.15, 0.2) is 47.5 Å². The number of ether oxygens (including phenoxy) is 1. The molecule has 0 amide bonds. The molecule has 0 spiro atoms. The van der Waals surface area contributed by atoms with Gasteiger partial charge in [0.2, 0.25) is 0 Å². The average Bonchev–Trinajstić information content (AvgIpc) is 2.48. The molecule has 0 bridgehead atoms. The summed E-state index contributed by atoms with van der Waals surface area (Å²) in [5.41, 5.74) is 1.01. The van der Waals surface area contributed by atoms with Crippen LogP contribution in [0.3, 0.4) is 0 Å². The SMILES string of the molecule is CNC(C)c1ccc(Oc2ccc(SC)cc2)cn1. The van der Waals surface area contributed by atoms with Crippen molar-refractivity contribution in [3.63, 3.8) is 0 Å². The van der Waals surface area contributed by atoms with Gasteiger partial charge in [0, 0.05) is 10.9 Å². The zero-order valence-corrected chi connectivity index (χ0v) is 12.2. The zero-order valence-electron chi connectivity index (χ0n) is 11.4. The molecule has 1 atom stereocenters. The van der Waals surface area contributed by atoms with Crippen molar-refractivity contribution in [1.82, 2.24) is 10.3 Å². The first-order valence-electron chi connectivity index (χ1n) is 6.18. The molecule has 0 fully saturated rings. The lowest BCUT2D eigenvalue weighted by Crippen LogP contribution is -2.13. The number of hydrogen-bond acceptors (Lipinski definition) is 4. The van der Waals surface area contributed by atoms with Gasteiger partial charge in [-0.25, -0.2) is 0 Å². The lowest BCUT2D eigenvalue weighted by atomic mass is 10.2. The van der Waals surface area contributed by atoms with Crippen LogP contribution < -0.4 is 10.1 Å². The smallest absolute Gasteiger partial charge is 0.145 e. The van der Waals surface area contributed by atoms with Crippen molar-refractivity contribution in [2.45, 2.75) is 17.9 Å². The van der Waals surface area contributed by atoms with Gasteiger partial charge < -0.3 is 10.1 Å². The first-order chi connectivity index (χ1) is 9.22. The molecule has 0 saturated carbocycles. The Bertz CT molecular complexity index is 511. The molecule has 0 radical (unpaired) electrons. The highest BCUT2D eigenvalue weighted by Gasteiger charge is 2.04. The molecule has 2 rings (SSSR count). The molecule has 0 aliphatic rings. The largest absolute Gasteiger partial charge is 0.456 e. The fraction of sp³-hybridized carbons (Fsp3) is 0.267. The zero-order chi connectivity index (χ0) is 13.7. The molecule has 0 aliphatic carbocycles. The van der Waals surface area contributed by atoms with E-state index in [0.29, 0.717) is 0 Å². The van der Waals surface area contributed by atoms with E-state index in [0.717, 1.165) is 17.2 Å². The maximum absolute atomic E-state index is 5.75. The van der Waals surface area contributed by atoms with Crippen LogP contribution in [0, 0.1) is 0 Å². The van der Waals surface area contributed by atoms with E-state index in [1.165, 1.54) is 4.90 Å². The second kappa shape index (κ2) is 6.59. The second-order valence-electron chi connectivity index (χ2n) is 4.21. The predicted molar refractivity (Wildman–Crippen MR) is 80.0 cm³/mol. The Morgan fingerprint density at radius 1 is 1.11 bits per heavy atom. The van der Waals surface area contributed by atoms with Gasteiger partial charge in [0.25, 0.3) is 0 Å². The Morgan fingerprint density at radius 3 is 2.32 bits per heavy atom. The Hall–Kier alpha value is -1.52. The molecule has 100 valence electrons. The third kappa shape index (κ3) is 3.72. The number of nitrogens with one attached hydrogen (secondary N) is 1. The Labute approximate surface area is 118 Å². The lowest BCUT2D eigenvalue weighted by Gasteiger charge is -2.10. The second-order valence-corrected chi connectivity index (χ2v) is 5.09. The monoisotopic (exact) mass is 274 g/mol. The first-order valence-corrected chi connectivity index (χ1v) is 7.40. The first kappa shape index (κ1) is 13.9. The average molecular weight is 274 g/mol. The molecule has 2 aromatic rings. The Morgan fingerprint density at radius 2 is 1.79 bits per heavy atom. The summed E-state index contributed by atoms with van der Waals surface area (Å²) in [6.07, 6.45) is 3.81. The van der Waals surface area contributed by atoms with E-state index in [1.807, 2.05) is 43.4 Å². The summed E-state index contributed by atoms with van der Waals surface area (Å²) in [4.78, 5) is 5.61. The Kier molecular flexibility index (Phi) is 4.82. The van der Waals surface area contributed by atoms with Crippen LogP contribution in [-0.4, -0.2) is 18.3 Å². The summed E-state index contributed by atoms with van der Waals surface area (Å²) in [6.45, 7) is 2.07. The van der Waals surface area contributed by atoms with Crippen molar-refractivity contribution in [2.75, 3.05) is 13.3 Å². The van der Waals surface area contributed by atoms with Gasteiger partial charge in [-0.2, -0.15) is 0 Å². The number of aromatic nitrogens is 1. The summed E-state index contributed by atoms with van der Waals surface area (Å²) in [6, 6.07) is 12.2. The minimum Gasteiger partial charge on any atom is -0.456 e. The number of pyridine rings is 1. The summed E-state index contributed by atoms with van der Waals surface area (Å²) < 4.78 is 5.75. The van der Waals surface area contributed by atoms with Crippen molar-refractivity contribution in [3.8, 4) is 11.5 Å². The van der Waals surface area contributed by atoms with Crippen LogP contribution >= 0.6 is 11.8 Å². The van der Waals surface area contributed by atoms with Gasteiger partial charge >= 0.3 is 0 Å². The van der Waals surface area contributed by atoms with Crippen LogP contribution in [0.5, 0.6) is 11.5 Å². The number of thioether (sulfide) groups is 1. The summed E-state index contributed by atoms with van der Waals surface area (Å²) >= 11 is 1.72. The van der Waals surface area contributed by atoms with E-state index in [1.54, 1.807) is 18.0 Å². The minimum absolute atomic E-state index is 0.245. The molecule has 1 heterocycles. The normalized spacial score (nSPS) is 12.2. The fourth-order valence-electron chi connectivity index (χ4n) is 1.64. The number of nitrogens with zero attached hydrogens (tertiary/aromatic N) is 1. The van der Waals surface area contributed by atoms with E-state index in [4.69, 9.17) is 4.74 Å². The van der Waals surface area contributed by atoms with Crippen molar-refractivity contribution < 1.29 is 4.74 Å². The van der Waals surface area contributed by atoms with E-state index in [2.05, 4.69) is 23.5 Å². The quantitative estimate of drug-likeness (QED) is 0.839. The fourth-order valence-corrected chi connectivity index (χ4v) is 2.04. The molecular weight excluding hydrogens is 256 g/mol. The van der Waals surface area contributed by atoms with Crippen LogP contribution in [0.1, 0.15) is 18.7 Å². The maximum Gasteiger partial charge on any atom is 0.145 e. The highest BCUT2D eigenvalue weighted by atomic mass is 32.2. The van der Waals surface area contributed by atoms with E-state index >= 15 is 0 Å². The molecule has 19 heavy (non-hydrogen) atoms. The summed E-state index contributed by atoms with van der Waals surface area (Å²) in [5, 5.41) is 3.16. The van der Waals surface area contributed by atoms with E-state index < -0.39 is 0 Å². The number of rotatable bonds is 5. The van der Waals surface area contributed by atoms with Gasteiger partial charge in [-0.15, -0.1) is 11.8 Å². The van der Waals surface area contributed by atoms with Gasteiger partial charge in [0.1, 0.15) is 11.5 Å². The molecule has 0 saturated heterocycles. The van der Waals surface area contributed by atoms with E-state index in [-0.39, 0.29) is 6.04 Å². The lowest BCUT2D eigenvalue weighted by molar-refractivity contribution is 0.478. The molecule has 1 unspecified atom stereocenters. The molecule has 4 heteroatoms. The highest BCUT2D eigenvalue weighted by molar-refractivity contribution is 7.98. The van der Waals surface area contributed by atoms with Crippen LogP contribution in [0.25, 0.3) is 0 Å². The number of hydrogen-bond donors (Lipinski definition) is 1. The minimum atomic E-state index is 0.245. The summed E-state index contributed by atoms with van der Waals surface area (Å²) in [7, 11) is 1.92. The van der Waals surface area contributed by atoms with Crippen LogP contribution in [-0.2, 0) is 0 Å². The third-order valence-electron chi connectivity index (χ3n) is 2.93. The molecule has 1 aromatic heterocycles. The van der Waals surface area contributed by atoms with Gasteiger partial charge in [0.15, 0.2) is 0 Å². The van der Waals surface area contributed by atoms with Crippen molar-refractivity contribution in [1.29, 1.82) is 0 Å². The van der Waals surface area contributed by atoms with Gasteiger partial charge in [-0.3, -0.25) is 4.98 Å². The molecule has 3 nitrogen and oxygen atoms in total. The van der Waals surface area contributed by atoms with Gasteiger partial charge in [-0.05, 0) is 56.6 Å². The van der Waals surface area contributed by atoms with Gasteiger partial charge in [0.05, 0.1) is 11.9 Å². The maximum atomic E-state index is 5.75. The van der Waals surface area contributed by atoms with Crippen molar-refractivity contribution >= 4 is 11.8 Å². The third-order valence-corrected chi connectivity index (χ3v) is 3.67. The standard InChI is InChI=1S/C15H18N2OS/c1-11(16-2)15-9-6-13(10-17-15)18-12-4-7-14(19-3)8-5-12/h4-11,16H,1-3H3. The predicted octanol–water partition coefficient (Wildman–Crippen LogP) is 3.88. The molecular formula is C15H18N2OS. The Balaban J connectivity index is 2.06. The van der Waals surface area contributed by atoms with Crippen LogP contribution in [0.4, 0.5) is 0 Å². The highest BCUT2D eigenvalue weighted by Crippen LogP contribution is 2.24. The van der Waals surface area contributed by atoms with Crippen LogP contribution in [0.2, 0.25) is 0 Å². The van der Waals surface area contributed by atoms with Crippen molar-refractivity contribution in [3.05, 3.63) is 48.3 Å². The summed E-state index contributed by atoms with van der Waals surface area (Å²) in [5.74, 6) is 1.58. The topological polar surface area (TPSA) is 34.1 Å². The van der Waals surface area contributed by atoms with Crippen molar-refractivity contribution in [2.24, 2.45) is 0 Å². The molecule has 0 aliphatic heterocycles. The molecule has 1 aromatic carbocycles. The van der Waals surface area contributed by atoms with Gasteiger partial charge in [-0.1, -0.05) is 0 Å².